The van der Waals surface area contributed by atoms with E-state index >= 15 is 0 Å². The maximum Gasteiger partial charge on any atom is 0.240 e. The molecular formula is C11H10FNO. The van der Waals surface area contributed by atoms with Gasteiger partial charge in [-0.15, -0.1) is 0 Å². The van der Waals surface area contributed by atoms with Crippen molar-refractivity contribution in [3.05, 3.63) is 29.8 Å². The van der Waals surface area contributed by atoms with Crippen LogP contribution in [-0.2, 0) is 4.79 Å². The lowest BCUT2D eigenvalue weighted by atomic mass is 10.1. The minimum absolute atomic E-state index is 0.204. The Morgan fingerprint density at radius 2 is 2.00 bits per heavy atom. The van der Waals surface area contributed by atoms with Gasteiger partial charge in [-0.25, -0.2) is 9.18 Å². The molecule has 1 fully saturated rings. The maximum atomic E-state index is 13.5. The van der Waals surface area contributed by atoms with Crippen molar-refractivity contribution in [3.8, 4) is 0 Å². The average Bonchev–Trinajstić information content (AvgIpc) is 3.02. The first-order chi connectivity index (χ1) is 6.81. The smallest absolute Gasteiger partial charge is 0.240 e. The summed E-state index contributed by atoms with van der Waals surface area (Å²) >= 11 is 0. The van der Waals surface area contributed by atoms with Gasteiger partial charge in [0.1, 0.15) is 6.17 Å². The fourth-order valence-corrected chi connectivity index (χ4v) is 1.45. The molecular weight excluding hydrogens is 181 g/mol. The number of hydrogen-bond donors (Lipinski definition) is 0. The molecule has 0 radical (unpaired) electrons. The molecule has 2 nitrogen and oxygen atoms in total. The molecule has 1 unspecified atom stereocenters. The number of isocyanates is 1. The van der Waals surface area contributed by atoms with Crippen LogP contribution in [0.5, 0.6) is 0 Å². The number of aliphatic imine (C=N–C) groups is 1. The second kappa shape index (κ2) is 3.72. The molecule has 1 atom stereocenters. The highest BCUT2D eigenvalue weighted by atomic mass is 19.1. The summed E-state index contributed by atoms with van der Waals surface area (Å²) in [6.45, 7) is 0. The zero-order chi connectivity index (χ0) is 9.97. The highest BCUT2D eigenvalue weighted by molar-refractivity contribution is 5.49. The summed E-state index contributed by atoms with van der Waals surface area (Å²) in [5.41, 5.74) is 1.20. The summed E-state index contributed by atoms with van der Waals surface area (Å²) in [4.78, 5) is 13.4. The van der Waals surface area contributed by atoms with Crippen LogP contribution in [0.3, 0.4) is 0 Å². The number of alkyl halides is 1. The lowest BCUT2D eigenvalue weighted by Gasteiger charge is -2.05. The van der Waals surface area contributed by atoms with Crippen LogP contribution < -0.4 is 0 Å². The van der Waals surface area contributed by atoms with Crippen molar-refractivity contribution in [3.63, 3.8) is 0 Å². The first-order valence-corrected chi connectivity index (χ1v) is 4.63. The number of halogens is 1. The third-order valence-corrected chi connectivity index (χ3v) is 2.42. The standard InChI is InChI=1S/C11H10FNO/c12-11(8-1-2-8)9-3-5-10(6-4-9)13-7-14/h3-6,8,11H,1-2H2. The zero-order valence-corrected chi connectivity index (χ0v) is 7.61. The zero-order valence-electron chi connectivity index (χ0n) is 7.61. The SMILES string of the molecule is O=C=Nc1ccc(C(F)C2CC2)cc1. The van der Waals surface area contributed by atoms with E-state index in [2.05, 4.69) is 4.99 Å². The van der Waals surface area contributed by atoms with E-state index in [1.807, 2.05) is 0 Å². The Bertz CT molecular complexity index is 363. The largest absolute Gasteiger partial charge is 0.242 e. The molecule has 3 heteroatoms. The average molecular weight is 191 g/mol. The number of rotatable bonds is 3. The summed E-state index contributed by atoms with van der Waals surface area (Å²) in [6, 6.07) is 6.63. The molecule has 2 rings (SSSR count). The third-order valence-electron chi connectivity index (χ3n) is 2.42. The third kappa shape index (κ3) is 1.88. The summed E-state index contributed by atoms with van der Waals surface area (Å²) < 4.78 is 13.5. The Balaban J connectivity index is 2.15. The molecule has 1 aromatic carbocycles. The summed E-state index contributed by atoms with van der Waals surface area (Å²) in [6.07, 6.45) is 2.55. The van der Waals surface area contributed by atoms with Crippen LogP contribution in [0, 0.1) is 5.92 Å². The minimum atomic E-state index is -0.857. The van der Waals surface area contributed by atoms with Crippen LogP contribution in [0.25, 0.3) is 0 Å². The van der Waals surface area contributed by atoms with Gasteiger partial charge in [-0.1, -0.05) is 12.1 Å². The van der Waals surface area contributed by atoms with Gasteiger partial charge in [-0.3, -0.25) is 0 Å². The topological polar surface area (TPSA) is 29.4 Å². The number of hydrogen-bond acceptors (Lipinski definition) is 2. The van der Waals surface area contributed by atoms with Crippen molar-refractivity contribution in [1.82, 2.24) is 0 Å². The van der Waals surface area contributed by atoms with Gasteiger partial charge in [-0.05, 0) is 36.5 Å². The molecule has 0 saturated heterocycles. The van der Waals surface area contributed by atoms with E-state index in [0.717, 1.165) is 12.8 Å². The lowest BCUT2D eigenvalue weighted by molar-refractivity contribution is 0.306. The Morgan fingerprint density at radius 3 is 2.50 bits per heavy atom. The van der Waals surface area contributed by atoms with Crippen molar-refractivity contribution in [2.45, 2.75) is 19.0 Å². The molecule has 1 saturated carbocycles. The molecule has 0 aliphatic heterocycles. The lowest BCUT2D eigenvalue weighted by Crippen LogP contribution is -1.92. The molecule has 1 aliphatic carbocycles. The highest BCUT2D eigenvalue weighted by Gasteiger charge is 2.32. The minimum Gasteiger partial charge on any atom is -0.242 e. The van der Waals surface area contributed by atoms with Crippen molar-refractivity contribution < 1.29 is 9.18 Å². The van der Waals surface area contributed by atoms with Crippen LogP contribution in [0.2, 0.25) is 0 Å². The quantitative estimate of drug-likeness (QED) is 0.533. The molecule has 1 aromatic rings. The van der Waals surface area contributed by atoms with Gasteiger partial charge in [0.25, 0.3) is 0 Å². The van der Waals surface area contributed by atoms with Gasteiger partial charge < -0.3 is 0 Å². The Labute approximate surface area is 81.5 Å². The van der Waals surface area contributed by atoms with E-state index in [1.165, 1.54) is 6.08 Å². The number of benzene rings is 1. The molecule has 0 heterocycles. The Kier molecular flexibility index (Phi) is 2.42. The van der Waals surface area contributed by atoms with Crippen molar-refractivity contribution in [2.24, 2.45) is 10.9 Å². The number of nitrogens with zero attached hydrogens (tertiary/aromatic N) is 1. The van der Waals surface area contributed by atoms with E-state index in [0.29, 0.717) is 11.3 Å². The van der Waals surface area contributed by atoms with E-state index in [9.17, 15) is 9.18 Å². The molecule has 72 valence electrons. The van der Waals surface area contributed by atoms with Crippen molar-refractivity contribution in [2.75, 3.05) is 0 Å². The summed E-state index contributed by atoms with van der Waals surface area (Å²) in [5.74, 6) is 0.204. The van der Waals surface area contributed by atoms with E-state index < -0.39 is 6.17 Å². The van der Waals surface area contributed by atoms with Crippen molar-refractivity contribution >= 4 is 11.8 Å². The summed E-state index contributed by atoms with van der Waals surface area (Å²) in [7, 11) is 0. The van der Waals surface area contributed by atoms with Crippen LogP contribution in [0.15, 0.2) is 29.3 Å². The molecule has 0 bridgehead atoms. The summed E-state index contributed by atoms with van der Waals surface area (Å²) in [5, 5.41) is 0. The molecule has 0 amide bonds. The van der Waals surface area contributed by atoms with Crippen LogP contribution in [-0.4, -0.2) is 6.08 Å². The van der Waals surface area contributed by atoms with E-state index in [1.54, 1.807) is 24.3 Å². The van der Waals surface area contributed by atoms with Crippen molar-refractivity contribution in [1.29, 1.82) is 0 Å². The molecule has 14 heavy (non-hydrogen) atoms. The predicted molar refractivity (Wildman–Crippen MR) is 50.8 cm³/mol. The van der Waals surface area contributed by atoms with Gasteiger partial charge >= 0.3 is 0 Å². The Morgan fingerprint density at radius 1 is 1.36 bits per heavy atom. The van der Waals surface area contributed by atoms with Gasteiger partial charge in [0.05, 0.1) is 5.69 Å². The van der Waals surface area contributed by atoms with Gasteiger partial charge in [0.15, 0.2) is 0 Å². The second-order valence-electron chi connectivity index (χ2n) is 3.53. The van der Waals surface area contributed by atoms with Crippen LogP contribution in [0.1, 0.15) is 24.6 Å². The monoisotopic (exact) mass is 191 g/mol. The first kappa shape index (κ1) is 9.10. The fraction of sp³-hybridized carbons (Fsp3) is 0.364. The predicted octanol–water partition coefficient (Wildman–Crippen LogP) is 3.07. The van der Waals surface area contributed by atoms with E-state index in [-0.39, 0.29) is 5.92 Å². The molecule has 0 aromatic heterocycles. The highest BCUT2D eigenvalue weighted by Crippen LogP contribution is 2.43. The van der Waals surface area contributed by atoms with Crippen LogP contribution >= 0.6 is 0 Å². The van der Waals surface area contributed by atoms with Gasteiger partial charge in [0, 0.05) is 0 Å². The molecule has 0 N–H and O–H groups in total. The van der Waals surface area contributed by atoms with Gasteiger partial charge in [0.2, 0.25) is 6.08 Å². The second-order valence-corrected chi connectivity index (χ2v) is 3.53. The van der Waals surface area contributed by atoms with E-state index in [4.69, 9.17) is 0 Å². The Hall–Kier alpha value is -1.47. The van der Waals surface area contributed by atoms with Gasteiger partial charge in [-0.2, -0.15) is 4.99 Å². The maximum absolute atomic E-state index is 13.5. The van der Waals surface area contributed by atoms with Crippen LogP contribution in [0.4, 0.5) is 10.1 Å². The molecule has 0 spiro atoms. The normalized spacial score (nSPS) is 17.2. The first-order valence-electron chi connectivity index (χ1n) is 4.63. The molecule has 1 aliphatic rings. The fourth-order valence-electron chi connectivity index (χ4n) is 1.45. The number of carbonyl (C=O) groups excluding carboxylic acids is 1.